The van der Waals surface area contributed by atoms with Gasteiger partial charge in [0.1, 0.15) is 13.2 Å². The van der Waals surface area contributed by atoms with Gasteiger partial charge in [0.25, 0.3) is 0 Å². The topological polar surface area (TPSA) is 78.9 Å². The molecule has 474 valence electrons. The van der Waals surface area contributed by atoms with E-state index in [0.717, 1.165) is 135 Å². The Labute approximate surface area is 513 Å². The third kappa shape index (κ3) is 68.5. The zero-order chi connectivity index (χ0) is 59.9. The molecule has 0 heterocycles. The van der Waals surface area contributed by atoms with Crippen molar-refractivity contribution in [1.82, 2.24) is 0 Å². The number of ether oxygens (including phenoxy) is 3. The van der Waals surface area contributed by atoms with Gasteiger partial charge in [-0.15, -0.1) is 0 Å². The molecular weight excluding hydrogens is 1020 g/mol. The van der Waals surface area contributed by atoms with E-state index < -0.39 is 6.10 Å². The van der Waals surface area contributed by atoms with Crippen molar-refractivity contribution < 1.29 is 28.6 Å². The molecule has 1 atom stereocenters. The van der Waals surface area contributed by atoms with E-state index in [1.807, 2.05) is 0 Å². The van der Waals surface area contributed by atoms with E-state index in [1.165, 1.54) is 154 Å². The van der Waals surface area contributed by atoms with E-state index in [9.17, 15) is 14.4 Å². The molecule has 0 aromatic heterocycles. The molecule has 0 aliphatic rings. The van der Waals surface area contributed by atoms with Crippen LogP contribution in [-0.2, 0) is 28.6 Å². The average molecular weight is 1150 g/mol. The molecule has 0 N–H and O–H groups in total. The quantitative estimate of drug-likeness (QED) is 0.0261. The van der Waals surface area contributed by atoms with E-state index in [0.29, 0.717) is 19.3 Å². The number of hydrogen-bond donors (Lipinski definition) is 0. The second-order valence-electron chi connectivity index (χ2n) is 23.1. The molecule has 83 heavy (non-hydrogen) atoms. The third-order valence-electron chi connectivity index (χ3n) is 14.9. The van der Waals surface area contributed by atoms with Crippen LogP contribution in [0.3, 0.4) is 0 Å². The van der Waals surface area contributed by atoms with E-state index in [4.69, 9.17) is 14.2 Å². The number of rotatable bonds is 63. The number of esters is 3. The van der Waals surface area contributed by atoms with Crippen LogP contribution in [0.2, 0.25) is 0 Å². The van der Waals surface area contributed by atoms with Gasteiger partial charge in [-0.3, -0.25) is 14.4 Å². The van der Waals surface area contributed by atoms with E-state index in [2.05, 4.69) is 142 Å². The van der Waals surface area contributed by atoms with E-state index in [-0.39, 0.29) is 31.1 Å². The lowest BCUT2D eigenvalue weighted by molar-refractivity contribution is -0.167. The van der Waals surface area contributed by atoms with Crippen molar-refractivity contribution in [3.8, 4) is 0 Å². The number of unbranched alkanes of at least 4 members (excludes halogenated alkanes) is 32. The van der Waals surface area contributed by atoms with Crippen molar-refractivity contribution >= 4 is 17.9 Å². The third-order valence-corrected chi connectivity index (χ3v) is 14.9. The lowest BCUT2D eigenvalue weighted by atomic mass is 10.0. The number of carbonyl (C=O) groups excluding carboxylic acids is 3. The van der Waals surface area contributed by atoms with Crippen molar-refractivity contribution in [1.29, 1.82) is 0 Å². The van der Waals surface area contributed by atoms with Gasteiger partial charge in [-0.05, 0) is 135 Å². The molecule has 0 amide bonds. The molecule has 0 saturated carbocycles. The normalized spacial score (nSPS) is 12.9. The molecule has 0 fully saturated rings. The van der Waals surface area contributed by atoms with Crippen molar-refractivity contribution in [2.75, 3.05) is 13.2 Å². The summed E-state index contributed by atoms with van der Waals surface area (Å²) in [6.07, 6.45) is 97.8. The first-order chi connectivity index (χ1) is 41.0. The maximum Gasteiger partial charge on any atom is 0.306 e. The molecule has 0 aromatic rings. The summed E-state index contributed by atoms with van der Waals surface area (Å²) in [7, 11) is 0. The Morgan fingerprint density at radius 3 is 0.759 bits per heavy atom. The minimum Gasteiger partial charge on any atom is -0.462 e. The molecule has 0 spiro atoms. The molecule has 0 bridgehead atoms. The van der Waals surface area contributed by atoms with Gasteiger partial charge < -0.3 is 14.2 Å². The van der Waals surface area contributed by atoms with Crippen LogP contribution in [0.4, 0.5) is 0 Å². The fraction of sp³-hybridized carbons (Fsp3) is 0.701. The van der Waals surface area contributed by atoms with Crippen LogP contribution in [0, 0.1) is 0 Å². The monoisotopic (exact) mass is 1150 g/mol. The van der Waals surface area contributed by atoms with Gasteiger partial charge in [0, 0.05) is 19.3 Å². The van der Waals surface area contributed by atoms with Gasteiger partial charge >= 0.3 is 17.9 Å². The zero-order valence-electron chi connectivity index (χ0n) is 54.4. The number of carbonyl (C=O) groups is 3. The van der Waals surface area contributed by atoms with E-state index in [1.54, 1.807) is 0 Å². The summed E-state index contributed by atoms with van der Waals surface area (Å²) in [5.74, 6) is -0.902. The van der Waals surface area contributed by atoms with Crippen molar-refractivity contribution in [3.05, 3.63) is 122 Å². The standard InChI is InChI=1S/C77H130O6/c1-4-7-10-13-16-19-22-25-28-30-32-34-36-37-38-39-41-42-44-46-49-52-55-58-61-64-67-70-76(79)82-73-74(72-81-75(78)69-66-63-60-57-54-51-48-27-24-21-18-15-12-9-6-3)83-77(80)71-68-65-62-59-56-53-50-47-45-43-40-35-33-31-29-26-23-20-17-14-11-8-5-2/h7,10,16,18-19,21,23,25-28,31-34,37-38,40,43,48,74H,4-6,8-9,11-15,17,20,22,24,29-30,35-36,39,41-42,44-47,49-73H2,1-3H3/b10-7-,19-16-,21-18-,26-23-,28-25-,33-31-,34-32-,38-37-,43-40-,48-27-. The molecule has 0 rings (SSSR count). The Hall–Kier alpha value is -4.19. The van der Waals surface area contributed by atoms with Crippen LogP contribution in [0.15, 0.2) is 122 Å². The summed E-state index contributed by atoms with van der Waals surface area (Å²) < 4.78 is 17.0. The zero-order valence-corrected chi connectivity index (χ0v) is 54.4. The summed E-state index contributed by atoms with van der Waals surface area (Å²) in [6, 6.07) is 0. The fourth-order valence-corrected chi connectivity index (χ4v) is 9.68. The van der Waals surface area contributed by atoms with Crippen molar-refractivity contribution in [2.24, 2.45) is 0 Å². The predicted octanol–water partition coefficient (Wildman–Crippen LogP) is 24.3. The van der Waals surface area contributed by atoms with Crippen molar-refractivity contribution in [2.45, 2.75) is 335 Å². The first-order valence-corrected chi connectivity index (χ1v) is 35.0. The Bertz CT molecular complexity index is 1700. The highest BCUT2D eigenvalue weighted by Crippen LogP contribution is 2.16. The maximum absolute atomic E-state index is 13.0. The Kier molecular flexibility index (Phi) is 66.7. The average Bonchev–Trinajstić information content (AvgIpc) is 3.49. The summed E-state index contributed by atoms with van der Waals surface area (Å²) in [6.45, 7) is 6.50. The van der Waals surface area contributed by atoms with Crippen LogP contribution in [-0.4, -0.2) is 37.2 Å². The lowest BCUT2D eigenvalue weighted by Crippen LogP contribution is -2.30. The highest BCUT2D eigenvalue weighted by Gasteiger charge is 2.19. The minimum atomic E-state index is -0.794. The second-order valence-corrected chi connectivity index (χ2v) is 23.1. The first kappa shape index (κ1) is 78.8. The molecule has 0 aliphatic heterocycles. The van der Waals surface area contributed by atoms with E-state index >= 15 is 0 Å². The summed E-state index contributed by atoms with van der Waals surface area (Å²) in [4.78, 5) is 38.5. The first-order valence-electron chi connectivity index (χ1n) is 35.0. The van der Waals surface area contributed by atoms with Crippen LogP contribution in [0.25, 0.3) is 0 Å². The Morgan fingerprint density at radius 2 is 0.470 bits per heavy atom. The van der Waals surface area contributed by atoms with Crippen LogP contribution in [0.1, 0.15) is 329 Å². The van der Waals surface area contributed by atoms with Crippen LogP contribution >= 0.6 is 0 Å². The molecule has 6 heteroatoms. The van der Waals surface area contributed by atoms with Gasteiger partial charge in [-0.25, -0.2) is 0 Å². The highest BCUT2D eigenvalue weighted by atomic mass is 16.6. The predicted molar refractivity (Wildman–Crippen MR) is 362 cm³/mol. The number of hydrogen-bond acceptors (Lipinski definition) is 6. The van der Waals surface area contributed by atoms with Crippen molar-refractivity contribution in [3.63, 3.8) is 0 Å². The summed E-state index contributed by atoms with van der Waals surface area (Å²) in [5, 5.41) is 0. The highest BCUT2D eigenvalue weighted by molar-refractivity contribution is 5.71. The Balaban J connectivity index is 4.37. The molecule has 6 nitrogen and oxygen atoms in total. The smallest absolute Gasteiger partial charge is 0.306 e. The SMILES string of the molecule is CC/C=C\C/C=C\C/C=C\C/C=C\C/C=C\CCCCCCCCCCCCCC(=O)OCC(COC(=O)CCCCCCC/C=C\C/C=C\CCCCC)OC(=O)CCCCCCCCCC/C=C\C/C=C\C/C=C\CCCCCCC. The Morgan fingerprint density at radius 1 is 0.253 bits per heavy atom. The minimum absolute atomic E-state index is 0.0883. The summed E-state index contributed by atoms with van der Waals surface area (Å²) in [5.41, 5.74) is 0. The maximum atomic E-state index is 13.0. The number of allylic oxidation sites excluding steroid dienone is 20. The van der Waals surface area contributed by atoms with Gasteiger partial charge in [-0.1, -0.05) is 296 Å². The molecule has 1 unspecified atom stereocenters. The largest absolute Gasteiger partial charge is 0.462 e. The van der Waals surface area contributed by atoms with Gasteiger partial charge in [-0.2, -0.15) is 0 Å². The van der Waals surface area contributed by atoms with Crippen LogP contribution in [0.5, 0.6) is 0 Å². The molecule has 0 aliphatic carbocycles. The second kappa shape index (κ2) is 70.3. The lowest BCUT2D eigenvalue weighted by Gasteiger charge is -2.18. The van der Waals surface area contributed by atoms with Gasteiger partial charge in [0.05, 0.1) is 0 Å². The van der Waals surface area contributed by atoms with Gasteiger partial charge in [0.15, 0.2) is 6.10 Å². The fourth-order valence-electron chi connectivity index (χ4n) is 9.68. The molecular formula is C77H130O6. The summed E-state index contributed by atoms with van der Waals surface area (Å²) >= 11 is 0. The molecule has 0 aromatic carbocycles. The molecule has 0 saturated heterocycles. The van der Waals surface area contributed by atoms with Crippen LogP contribution < -0.4 is 0 Å². The molecule has 0 radical (unpaired) electrons. The van der Waals surface area contributed by atoms with Gasteiger partial charge in [0.2, 0.25) is 0 Å².